The standard InChI is InChI=1S/C25H29NO2/c1-27-24-16-14-20(18-25(24)28-22-10-3-4-11-22)23-12-5-2-8-19(23)13-15-21-9-6-7-17-26-21/h6-7,9,14-18,22-23H,2-5,8,10-12H2,1H3. The quantitative estimate of drug-likeness (QED) is 0.574. The van der Waals surface area contributed by atoms with E-state index < -0.39 is 0 Å². The van der Waals surface area contributed by atoms with E-state index in [2.05, 4.69) is 28.9 Å². The lowest BCUT2D eigenvalue weighted by molar-refractivity contribution is 0.200. The maximum absolute atomic E-state index is 6.32. The van der Waals surface area contributed by atoms with E-state index in [-0.39, 0.29) is 0 Å². The average molecular weight is 376 g/mol. The van der Waals surface area contributed by atoms with Gasteiger partial charge in [-0.1, -0.05) is 18.6 Å². The maximum atomic E-state index is 6.32. The summed E-state index contributed by atoms with van der Waals surface area (Å²) in [7, 11) is 1.72. The van der Waals surface area contributed by atoms with Crippen LogP contribution in [0.1, 0.15) is 68.5 Å². The van der Waals surface area contributed by atoms with Crippen LogP contribution in [0.25, 0.3) is 6.08 Å². The van der Waals surface area contributed by atoms with Crippen LogP contribution >= 0.6 is 0 Å². The Morgan fingerprint density at radius 1 is 1.00 bits per heavy atom. The predicted octanol–water partition coefficient (Wildman–Crippen LogP) is 6.31. The van der Waals surface area contributed by atoms with Gasteiger partial charge in [0.2, 0.25) is 0 Å². The SMILES string of the molecule is COc1ccc(C2CCCCC2=C=Cc2ccccn2)cc1OC1CCCC1. The summed E-state index contributed by atoms with van der Waals surface area (Å²) in [6, 6.07) is 12.4. The van der Waals surface area contributed by atoms with Crippen molar-refractivity contribution in [1.82, 2.24) is 4.98 Å². The smallest absolute Gasteiger partial charge is 0.161 e. The summed E-state index contributed by atoms with van der Waals surface area (Å²) in [6.45, 7) is 0. The number of pyridine rings is 1. The van der Waals surface area contributed by atoms with Gasteiger partial charge in [-0.3, -0.25) is 4.98 Å². The van der Waals surface area contributed by atoms with Crippen molar-refractivity contribution in [3.05, 3.63) is 65.2 Å². The molecule has 2 aliphatic carbocycles. The van der Waals surface area contributed by atoms with E-state index in [9.17, 15) is 0 Å². The molecule has 4 rings (SSSR count). The Bertz CT molecular complexity index is 846. The highest BCUT2D eigenvalue weighted by Gasteiger charge is 2.23. The molecular weight excluding hydrogens is 346 g/mol. The van der Waals surface area contributed by atoms with Crippen LogP contribution in [0.3, 0.4) is 0 Å². The monoisotopic (exact) mass is 375 g/mol. The van der Waals surface area contributed by atoms with Gasteiger partial charge in [0, 0.05) is 18.2 Å². The van der Waals surface area contributed by atoms with E-state index in [1.807, 2.05) is 30.5 Å². The molecule has 1 aromatic heterocycles. The van der Waals surface area contributed by atoms with E-state index in [0.29, 0.717) is 12.0 Å². The molecule has 2 aliphatic rings. The minimum absolute atomic E-state index is 0.328. The zero-order chi connectivity index (χ0) is 19.2. The second-order valence-electron chi connectivity index (χ2n) is 7.80. The van der Waals surface area contributed by atoms with Crippen LogP contribution in [0.4, 0.5) is 0 Å². The Balaban J connectivity index is 1.62. The van der Waals surface area contributed by atoms with Gasteiger partial charge in [0.05, 0.1) is 18.9 Å². The largest absolute Gasteiger partial charge is 0.493 e. The lowest BCUT2D eigenvalue weighted by Crippen LogP contribution is -2.13. The van der Waals surface area contributed by atoms with Gasteiger partial charge in [-0.2, -0.15) is 0 Å². The minimum atomic E-state index is 0.328. The topological polar surface area (TPSA) is 31.4 Å². The highest BCUT2D eigenvalue weighted by Crippen LogP contribution is 2.41. The van der Waals surface area contributed by atoms with Crippen LogP contribution in [0.2, 0.25) is 0 Å². The highest BCUT2D eigenvalue weighted by molar-refractivity contribution is 5.48. The fourth-order valence-electron chi connectivity index (χ4n) is 4.37. The highest BCUT2D eigenvalue weighted by atomic mass is 16.5. The number of allylic oxidation sites excluding steroid dienone is 1. The summed E-state index contributed by atoms with van der Waals surface area (Å²) in [5.74, 6) is 2.12. The molecule has 3 heteroatoms. The summed E-state index contributed by atoms with van der Waals surface area (Å²) < 4.78 is 11.9. The molecule has 0 saturated heterocycles. The number of ether oxygens (including phenoxy) is 2. The van der Waals surface area contributed by atoms with Gasteiger partial charge >= 0.3 is 0 Å². The predicted molar refractivity (Wildman–Crippen MR) is 113 cm³/mol. The second-order valence-corrected chi connectivity index (χ2v) is 7.80. The van der Waals surface area contributed by atoms with Crippen LogP contribution in [0.15, 0.2) is 53.9 Å². The Morgan fingerprint density at radius 2 is 1.86 bits per heavy atom. The third-order valence-electron chi connectivity index (χ3n) is 5.89. The molecule has 2 saturated carbocycles. The second kappa shape index (κ2) is 9.12. The molecule has 0 amide bonds. The van der Waals surface area contributed by atoms with Crippen LogP contribution in [-0.2, 0) is 0 Å². The fourth-order valence-corrected chi connectivity index (χ4v) is 4.37. The number of methoxy groups -OCH3 is 1. The molecule has 0 N–H and O–H groups in total. The fraction of sp³-hybridized carbons (Fsp3) is 0.440. The van der Waals surface area contributed by atoms with Crippen molar-refractivity contribution in [2.24, 2.45) is 0 Å². The summed E-state index contributed by atoms with van der Waals surface area (Å²) in [5, 5.41) is 0. The number of hydrogen-bond donors (Lipinski definition) is 0. The third-order valence-corrected chi connectivity index (χ3v) is 5.89. The Kier molecular flexibility index (Phi) is 6.14. The molecule has 0 radical (unpaired) electrons. The molecule has 1 atom stereocenters. The molecule has 1 aromatic carbocycles. The van der Waals surface area contributed by atoms with Crippen molar-refractivity contribution in [3.63, 3.8) is 0 Å². The summed E-state index contributed by atoms with van der Waals surface area (Å²) in [4.78, 5) is 4.39. The Labute approximate surface area is 168 Å². The molecule has 1 unspecified atom stereocenters. The summed E-state index contributed by atoms with van der Waals surface area (Å²) >= 11 is 0. The van der Waals surface area contributed by atoms with Crippen molar-refractivity contribution in [2.75, 3.05) is 7.11 Å². The first kappa shape index (κ1) is 18.8. The lowest BCUT2D eigenvalue weighted by atomic mass is 9.80. The van der Waals surface area contributed by atoms with E-state index in [0.717, 1.165) is 42.9 Å². The van der Waals surface area contributed by atoms with Crippen LogP contribution in [0.5, 0.6) is 11.5 Å². The number of rotatable bonds is 5. The van der Waals surface area contributed by atoms with Crippen molar-refractivity contribution in [1.29, 1.82) is 0 Å². The molecule has 0 spiro atoms. The van der Waals surface area contributed by atoms with E-state index in [1.54, 1.807) is 7.11 Å². The van der Waals surface area contributed by atoms with Crippen molar-refractivity contribution in [2.45, 2.75) is 63.4 Å². The Morgan fingerprint density at radius 3 is 2.64 bits per heavy atom. The zero-order valence-corrected chi connectivity index (χ0v) is 16.7. The van der Waals surface area contributed by atoms with Gasteiger partial charge in [0.1, 0.15) is 0 Å². The number of benzene rings is 1. The molecule has 2 aromatic rings. The maximum Gasteiger partial charge on any atom is 0.161 e. The molecule has 146 valence electrons. The molecule has 0 bridgehead atoms. The zero-order valence-electron chi connectivity index (χ0n) is 16.7. The van der Waals surface area contributed by atoms with Gasteiger partial charge in [-0.15, -0.1) is 5.73 Å². The van der Waals surface area contributed by atoms with E-state index >= 15 is 0 Å². The summed E-state index contributed by atoms with van der Waals surface area (Å²) in [6.07, 6.45) is 13.7. The van der Waals surface area contributed by atoms with Crippen molar-refractivity contribution < 1.29 is 9.47 Å². The molecule has 3 nitrogen and oxygen atoms in total. The van der Waals surface area contributed by atoms with Crippen LogP contribution < -0.4 is 9.47 Å². The number of nitrogens with zero attached hydrogens (tertiary/aromatic N) is 1. The minimum Gasteiger partial charge on any atom is -0.493 e. The first-order chi connectivity index (χ1) is 13.8. The van der Waals surface area contributed by atoms with E-state index in [1.165, 1.54) is 36.8 Å². The van der Waals surface area contributed by atoms with Gasteiger partial charge in [-0.05, 0) is 80.3 Å². The van der Waals surface area contributed by atoms with Crippen LogP contribution in [0, 0.1) is 0 Å². The molecular formula is C25H29NO2. The third kappa shape index (κ3) is 4.48. The van der Waals surface area contributed by atoms with Gasteiger partial charge in [0.25, 0.3) is 0 Å². The molecule has 28 heavy (non-hydrogen) atoms. The van der Waals surface area contributed by atoms with Gasteiger partial charge in [0.15, 0.2) is 11.5 Å². The van der Waals surface area contributed by atoms with Gasteiger partial charge in [-0.25, -0.2) is 0 Å². The van der Waals surface area contributed by atoms with Crippen molar-refractivity contribution in [3.8, 4) is 11.5 Å². The lowest BCUT2D eigenvalue weighted by Gasteiger charge is -2.25. The van der Waals surface area contributed by atoms with Crippen molar-refractivity contribution >= 4 is 6.08 Å². The molecule has 0 aliphatic heterocycles. The van der Waals surface area contributed by atoms with E-state index in [4.69, 9.17) is 9.47 Å². The molecule has 1 heterocycles. The first-order valence-corrected chi connectivity index (χ1v) is 10.5. The normalized spacial score (nSPS) is 19.9. The molecule has 2 fully saturated rings. The number of hydrogen-bond acceptors (Lipinski definition) is 3. The van der Waals surface area contributed by atoms with Gasteiger partial charge < -0.3 is 9.47 Å². The average Bonchev–Trinajstić information content (AvgIpc) is 3.26. The summed E-state index contributed by atoms with van der Waals surface area (Å²) in [5.41, 5.74) is 7.20. The first-order valence-electron chi connectivity index (χ1n) is 10.5. The Hall–Kier alpha value is -2.51. The van der Waals surface area contributed by atoms with Crippen LogP contribution in [-0.4, -0.2) is 18.2 Å². The number of aromatic nitrogens is 1.